The summed E-state index contributed by atoms with van der Waals surface area (Å²) in [4.78, 5) is 11.4. The molecular weight excluding hydrogens is 272 g/mol. The van der Waals surface area contributed by atoms with Crippen molar-refractivity contribution in [3.63, 3.8) is 0 Å². The molecule has 5 nitrogen and oxygen atoms in total. The number of methoxy groups -OCH3 is 3. The number of carbonyl (C=O) groups is 1. The number of rotatable bonds is 5. The highest BCUT2D eigenvalue weighted by atomic mass is 16.5. The molecule has 0 heterocycles. The maximum Gasteiger partial charge on any atom is 0.336 e. The number of benzene rings is 2. The van der Waals surface area contributed by atoms with Gasteiger partial charge < -0.3 is 19.3 Å². The lowest BCUT2D eigenvalue weighted by molar-refractivity contribution is 0.0697. The lowest BCUT2D eigenvalue weighted by atomic mass is 9.98. The van der Waals surface area contributed by atoms with Gasteiger partial charge in [0.1, 0.15) is 0 Å². The van der Waals surface area contributed by atoms with Gasteiger partial charge in [0.15, 0.2) is 11.5 Å². The van der Waals surface area contributed by atoms with Gasteiger partial charge >= 0.3 is 5.97 Å². The summed E-state index contributed by atoms with van der Waals surface area (Å²) in [6.45, 7) is 0. The van der Waals surface area contributed by atoms with E-state index in [0.717, 1.165) is 0 Å². The van der Waals surface area contributed by atoms with Crippen LogP contribution in [0, 0.1) is 0 Å². The van der Waals surface area contributed by atoms with E-state index in [2.05, 4.69) is 0 Å². The van der Waals surface area contributed by atoms with Crippen LogP contribution in [0.1, 0.15) is 10.4 Å². The van der Waals surface area contributed by atoms with E-state index in [0.29, 0.717) is 28.4 Å². The van der Waals surface area contributed by atoms with Gasteiger partial charge in [-0.3, -0.25) is 0 Å². The molecule has 5 heteroatoms. The molecule has 0 unspecified atom stereocenters. The number of carboxylic acid groups (broad SMARTS) is 1. The minimum Gasteiger partial charge on any atom is -0.493 e. The Morgan fingerprint density at radius 3 is 2.10 bits per heavy atom. The lowest BCUT2D eigenvalue weighted by Gasteiger charge is -2.16. The van der Waals surface area contributed by atoms with Gasteiger partial charge in [-0.1, -0.05) is 18.2 Å². The first kappa shape index (κ1) is 14.7. The van der Waals surface area contributed by atoms with Gasteiger partial charge in [0.2, 0.25) is 5.75 Å². The predicted octanol–water partition coefficient (Wildman–Crippen LogP) is 3.08. The number of hydrogen-bond acceptors (Lipinski definition) is 4. The second-order valence-corrected chi connectivity index (χ2v) is 4.23. The van der Waals surface area contributed by atoms with Crippen molar-refractivity contribution in [3.05, 3.63) is 42.0 Å². The van der Waals surface area contributed by atoms with Crippen LogP contribution in [-0.4, -0.2) is 32.4 Å². The highest BCUT2D eigenvalue weighted by Crippen LogP contribution is 2.44. The van der Waals surface area contributed by atoms with Gasteiger partial charge in [-0.15, -0.1) is 0 Å². The van der Waals surface area contributed by atoms with Gasteiger partial charge in [0.05, 0.1) is 26.9 Å². The van der Waals surface area contributed by atoms with E-state index in [4.69, 9.17) is 14.2 Å². The van der Waals surface area contributed by atoms with Crippen molar-refractivity contribution in [3.8, 4) is 28.4 Å². The highest BCUT2D eigenvalue weighted by Gasteiger charge is 2.20. The molecule has 2 aromatic rings. The van der Waals surface area contributed by atoms with Gasteiger partial charge in [-0.25, -0.2) is 4.79 Å². The van der Waals surface area contributed by atoms with Crippen LogP contribution >= 0.6 is 0 Å². The number of ether oxygens (including phenoxy) is 3. The van der Waals surface area contributed by atoms with Crippen LogP contribution < -0.4 is 14.2 Å². The van der Waals surface area contributed by atoms with Crippen LogP contribution in [-0.2, 0) is 0 Å². The molecule has 2 aromatic carbocycles. The maximum absolute atomic E-state index is 11.4. The summed E-state index contributed by atoms with van der Waals surface area (Å²) in [5, 5.41) is 9.32. The quantitative estimate of drug-likeness (QED) is 0.916. The van der Waals surface area contributed by atoms with Crippen LogP contribution in [0.15, 0.2) is 36.4 Å². The number of aromatic carboxylic acids is 1. The average molecular weight is 288 g/mol. The Bertz CT molecular complexity index is 664. The SMILES string of the molecule is COc1ccc(-c2ccccc2C(=O)O)c(OC)c1OC. The van der Waals surface area contributed by atoms with E-state index in [9.17, 15) is 9.90 Å². The third kappa shape index (κ3) is 2.63. The largest absolute Gasteiger partial charge is 0.493 e. The Morgan fingerprint density at radius 1 is 0.857 bits per heavy atom. The molecule has 0 bridgehead atoms. The molecule has 0 aromatic heterocycles. The fraction of sp³-hybridized carbons (Fsp3) is 0.188. The van der Waals surface area contributed by atoms with E-state index >= 15 is 0 Å². The third-order valence-electron chi connectivity index (χ3n) is 3.15. The van der Waals surface area contributed by atoms with E-state index in [1.165, 1.54) is 21.3 Å². The zero-order valence-corrected chi connectivity index (χ0v) is 12.0. The third-order valence-corrected chi connectivity index (χ3v) is 3.15. The number of carboxylic acids is 1. The van der Waals surface area contributed by atoms with E-state index in [1.54, 1.807) is 36.4 Å². The molecular formula is C16H16O5. The van der Waals surface area contributed by atoms with Crippen molar-refractivity contribution in [2.45, 2.75) is 0 Å². The highest BCUT2D eigenvalue weighted by molar-refractivity contribution is 5.97. The van der Waals surface area contributed by atoms with Gasteiger partial charge in [-0.2, -0.15) is 0 Å². The molecule has 0 saturated heterocycles. The molecule has 0 aliphatic carbocycles. The summed E-state index contributed by atoms with van der Waals surface area (Å²) in [7, 11) is 4.54. The van der Waals surface area contributed by atoms with Crippen LogP contribution in [0.5, 0.6) is 17.2 Å². The summed E-state index contributed by atoms with van der Waals surface area (Å²) >= 11 is 0. The van der Waals surface area contributed by atoms with Crippen molar-refractivity contribution in [2.24, 2.45) is 0 Å². The Labute approximate surface area is 122 Å². The van der Waals surface area contributed by atoms with Crippen molar-refractivity contribution in [2.75, 3.05) is 21.3 Å². The topological polar surface area (TPSA) is 65.0 Å². The minimum atomic E-state index is -0.998. The Kier molecular flexibility index (Phi) is 4.33. The second kappa shape index (κ2) is 6.17. The molecule has 0 amide bonds. The first-order valence-corrected chi connectivity index (χ1v) is 6.25. The standard InChI is InChI=1S/C16H16O5/c1-19-13-9-8-11(14(20-2)15(13)21-3)10-6-4-5-7-12(10)16(17)18/h4-9H,1-3H3,(H,17,18). The second-order valence-electron chi connectivity index (χ2n) is 4.23. The molecule has 110 valence electrons. The Hall–Kier alpha value is -2.69. The Balaban J connectivity index is 2.73. The smallest absolute Gasteiger partial charge is 0.336 e. The zero-order valence-electron chi connectivity index (χ0n) is 12.0. The zero-order chi connectivity index (χ0) is 15.4. The van der Waals surface area contributed by atoms with Crippen LogP contribution in [0.25, 0.3) is 11.1 Å². The van der Waals surface area contributed by atoms with Crippen molar-refractivity contribution in [1.29, 1.82) is 0 Å². The van der Waals surface area contributed by atoms with Gasteiger partial charge in [0, 0.05) is 11.1 Å². The lowest BCUT2D eigenvalue weighted by Crippen LogP contribution is -2.01. The first-order chi connectivity index (χ1) is 10.1. The fourth-order valence-electron chi connectivity index (χ4n) is 2.22. The molecule has 0 fully saturated rings. The van der Waals surface area contributed by atoms with E-state index < -0.39 is 5.97 Å². The van der Waals surface area contributed by atoms with Crippen LogP contribution in [0.3, 0.4) is 0 Å². The molecule has 0 aliphatic heterocycles. The molecule has 1 N–H and O–H groups in total. The van der Waals surface area contributed by atoms with E-state index in [1.807, 2.05) is 0 Å². The summed E-state index contributed by atoms with van der Waals surface area (Å²) in [6, 6.07) is 10.2. The maximum atomic E-state index is 11.4. The van der Waals surface area contributed by atoms with Gasteiger partial charge in [-0.05, 0) is 18.2 Å². The molecule has 0 radical (unpaired) electrons. The van der Waals surface area contributed by atoms with Crippen molar-refractivity contribution >= 4 is 5.97 Å². The Morgan fingerprint density at radius 2 is 1.52 bits per heavy atom. The van der Waals surface area contributed by atoms with Crippen LogP contribution in [0.4, 0.5) is 0 Å². The molecule has 0 aliphatic rings. The summed E-state index contributed by atoms with van der Waals surface area (Å²) in [5.41, 5.74) is 1.39. The minimum absolute atomic E-state index is 0.197. The normalized spacial score (nSPS) is 10.0. The van der Waals surface area contributed by atoms with Gasteiger partial charge in [0.25, 0.3) is 0 Å². The van der Waals surface area contributed by atoms with E-state index in [-0.39, 0.29) is 5.56 Å². The molecule has 2 rings (SSSR count). The molecule has 0 spiro atoms. The molecule has 0 saturated carbocycles. The monoisotopic (exact) mass is 288 g/mol. The summed E-state index contributed by atoms with van der Waals surface area (Å²) < 4.78 is 16.0. The molecule has 0 atom stereocenters. The first-order valence-electron chi connectivity index (χ1n) is 6.25. The summed E-state index contributed by atoms with van der Waals surface area (Å²) in [5.74, 6) is 0.386. The average Bonchev–Trinajstić information content (AvgIpc) is 2.53. The van der Waals surface area contributed by atoms with Crippen LogP contribution in [0.2, 0.25) is 0 Å². The number of hydrogen-bond donors (Lipinski definition) is 1. The van der Waals surface area contributed by atoms with Crippen molar-refractivity contribution < 1.29 is 24.1 Å². The fourth-order valence-corrected chi connectivity index (χ4v) is 2.22. The van der Waals surface area contributed by atoms with Crippen molar-refractivity contribution in [1.82, 2.24) is 0 Å². The summed E-state index contributed by atoms with van der Waals surface area (Å²) in [6.07, 6.45) is 0. The predicted molar refractivity (Wildman–Crippen MR) is 78.5 cm³/mol. The molecule has 21 heavy (non-hydrogen) atoms.